The number of aliphatic hydroxyl groups is 1. The molecule has 144 valence electrons. The average molecular weight is 459 g/mol. The lowest BCUT2D eigenvalue weighted by atomic mass is 9.95. The van der Waals surface area contributed by atoms with E-state index in [0.29, 0.717) is 27.9 Å². The predicted octanol–water partition coefficient (Wildman–Crippen LogP) is 2.27. The van der Waals surface area contributed by atoms with Crippen LogP contribution in [0.25, 0.3) is 10.9 Å². The summed E-state index contributed by atoms with van der Waals surface area (Å²) in [5, 5.41) is 20.0. The molecule has 2 heterocycles. The van der Waals surface area contributed by atoms with Gasteiger partial charge in [-0.2, -0.15) is 0 Å². The summed E-state index contributed by atoms with van der Waals surface area (Å²) in [7, 11) is 0. The van der Waals surface area contributed by atoms with Crippen molar-refractivity contribution in [3.63, 3.8) is 0 Å². The van der Waals surface area contributed by atoms with E-state index in [9.17, 15) is 24.6 Å². The molecule has 2 aromatic rings. The first kappa shape index (κ1) is 19.8. The highest BCUT2D eigenvalue weighted by atomic mass is 79.9. The summed E-state index contributed by atoms with van der Waals surface area (Å²) < 4.78 is 1.77. The number of carboxylic acid groups (broad SMARTS) is 1. The Kier molecular flexibility index (Phi) is 5.83. The van der Waals surface area contributed by atoms with Crippen LogP contribution >= 0.6 is 27.5 Å². The van der Waals surface area contributed by atoms with Gasteiger partial charge in [0, 0.05) is 17.4 Å². The third kappa shape index (κ3) is 4.15. The molecule has 1 aliphatic rings. The Hall–Kier alpha value is -1.97. The normalized spacial score (nSPS) is 20.0. The number of piperidine rings is 1. The molecule has 2 N–H and O–H groups in total. The van der Waals surface area contributed by atoms with Gasteiger partial charge in [-0.15, -0.1) is 0 Å². The van der Waals surface area contributed by atoms with Crippen molar-refractivity contribution in [3.05, 3.63) is 38.3 Å². The second-order valence-electron chi connectivity index (χ2n) is 6.46. The van der Waals surface area contributed by atoms with E-state index in [1.165, 1.54) is 12.4 Å². The minimum absolute atomic E-state index is 0.168. The Morgan fingerprint density at radius 3 is 2.81 bits per heavy atom. The molecule has 1 fully saturated rings. The summed E-state index contributed by atoms with van der Waals surface area (Å²) in [5.74, 6) is -0.362. The topological polar surface area (TPSA) is 113 Å². The van der Waals surface area contributed by atoms with Crippen LogP contribution in [-0.4, -0.2) is 55.2 Å². The van der Waals surface area contributed by atoms with Crippen molar-refractivity contribution >= 4 is 50.3 Å². The van der Waals surface area contributed by atoms with Crippen molar-refractivity contribution in [2.24, 2.45) is 0 Å². The fraction of sp³-hybridized carbons (Fsp3) is 0.412. The highest BCUT2D eigenvalue weighted by Gasteiger charge is 2.34. The van der Waals surface area contributed by atoms with Crippen LogP contribution in [-0.2, 0) is 11.3 Å². The van der Waals surface area contributed by atoms with E-state index in [-0.39, 0.29) is 30.7 Å². The highest BCUT2D eigenvalue weighted by molar-refractivity contribution is 9.10. The van der Waals surface area contributed by atoms with Crippen molar-refractivity contribution in [2.75, 3.05) is 6.54 Å². The van der Waals surface area contributed by atoms with Crippen LogP contribution in [0, 0.1) is 0 Å². The molecule has 0 bridgehead atoms. The van der Waals surface area contributed by atoms with Gasteiger partial charge in [0.2, 0.25) is 0 Å². The molecule has 10 heteroatoms. The molecular weight excluding hydrogens is 442 g/mol. The SMILES string of the molecule is O=C(CC1C(O)CCCN1C(=O)O)Cn1cnc2cc(Br)c(Cl)cc2c1=O. The number of benzene rings is 1. The lowest BCUT2D eigenvalue weighted by Crippen LogP contribution is -2.51. The van der Waals surface area contributed by atoms with E-state index in [0.717, 1.165) is 9.47 Å². The van der Waals surface area contributed by atoms with Gasteiger partial charge in [-0.05, 0) is 40.9 Å². The Morgan fingerprint density at radius 2 is 2.11 bits per heavy atom. The second-order valence-corrected chi connectivity index (χ2v) is 7.72. The number of carbonyl (C=O) groups is 2. The Morgan fingerprint density at radius 1 is 1.37 bits per heavy atom. The molecule has 1 aromatic heterocycles. The number of halogens is 2. The van der Waals surface area contributed by atoms with E-state index < -0.39 is 23.8 Å². The van der Waals surface area contributed by atoms with Crippen LogP contribution in [0.3, 0.4) is 0 Å². The molecule has 8 nitrogen and oxygen atoms in total. The van der Waals surface area contributed by atoms with Gasteiger partial charge in [0.05, 0.1) is 40.9 Å². The zero-order valence-electron chi connectivity index (χ0n) is 14.1. The molecule has 0 aliphatic carbocycles. The molecular formula is C17H17BrClN3O5. The third-order valence-electron chi connectivity index (χ3n) is 4.64. The lowest BCUT2D eigenvalue weighted by molar-refractivity contribution is -0.122. The first-order valence-electron chi connectivity index (χ1n) is 8.31. The average Bonchev–Trinajstić information content (AvgIpc) is 2.61. The van der Waals surface area contributed by atoms with Gasteiger partial charge in [-0.3, -0.25) is 14.2 Å². The standard InChI is InChI=1S/C17H17BrClN3O5/c18-11-6-13-10(5-12(11)19)16(25)21(8-20-13)7-9(23)4-14-15(24)2-1-3-22(14)17(26)27/h5-6,8,14-15,24H,1-4,7H2,(H,26,27). The summed E-state index contributed by atoms with van der Waals surface area (Å²) >= 11 is 9.30. The van der Waals surface area contributed by atoms with E-state index in [1.807, 2.05) is 0 Å². The van der Waals surface area contributed by atoms with Crippen LogP contribution in [0.5, 0.6) is 0 Å². The molecule has 0 spiro atoms. The minimum Gasteiger partial charge on any atom is -0.465 e. The van der Waals surface area contributed by atoms with E-state index in [4.69, 9.17) is 11.6 Å². The molecule has 1 amide bonds. The number of ketones is 1. The van der Waals surface area contributed by atoms with Gasteiger partial charge in [0.1, 0.15) is 0 Å². The Bertz CT molecular complexity index is 963. The number of aliphatic hydroxyl groups excluding tert-OH is 1. The molecule has 27 heavy (non-hydrogen) atoms. The lowest BCUT2D eigenvalue weighted by Gasteiger charge is -2.36. The van der Waals surface area contributed by atoms with E-state index >= 15 is 0 Å². The number of aromatic nitrogens is 2. The number of Topliss-reactive ketones (excluding diaryl/α,β-unsaturated/α-hetero) is 1. The molecule has 1 aromatic carbocycles. The van der Waals surface area contributed by atoms with Gasteiger partial charge in [0.25, 0.3) is 5.56 Å². The van der Waals surface area contributed by atoms with Crippen molar-refractivity contribution < 1.29 is 19.8 Å². The first-order chi connectivity index (χ1) is 12.8. The number of rotatable bonds is 4. The maximum atomic E-state index is 12.6. The van der Waals surface area contributed by atoms with Crippen molar-refractivity contribution in [3.8, 4) is 0 Å². The van der Waals surface area contributed by atoms with Gasteiger partial charge in [-0.25, -0.2) is 9.78 Å². The maximum absolute atomic E-state index is 12.6. The molecule has 0 radical (unpaired) electrons. The number of fused-ring (bicyclic) bond motifs is 1. The van der Waals surface area contributed by atoms with Crippen molar-refractivity contribution in [2.45, 2.75) is 38.0 Å². The molecule has 3 rings (SSSR count). The summed E-state index contributed by atoms with van der Waals surface area (Å²) in [5.41, 5.74) is 0.0294. The molecule has 1 aliphatic heterocycles. The number of amides is 1. The first-order valence-corrected chi connectivity index (χ1v) is 9.48. The molecule has 0 saturated carbocycles. The summed E-state index contributed by atoms with van der Waals surface area (Å²) in [4.78, 5) is 41.6. The smallest absolute Gasteiger partial charge is 0.407 e. The summed E-state index contributed by atoms with van der Waals surface area (Å²) in [6.07, 6.45) is 0.0151. The molecule has 1 saturated heterocycles. The number of likely N-dealkylation sites (tertiary alicyclic amines) is 1. The van der Waals surface area contributed by atoms with Crippen molar-refractivity contribution in [1.82, 2.24) is 14.5 Å². The summed E-state index contributed by atoms with van der Waals surface area (Å²) in [6.45, 7) is 0.0152. The summed E-state index contributed by atoms with van der Waals surface area (Å²) in [6, 6.07) is 2.29. The van der Waals surface area contributed by atoms with Gasteiger partial charge in [0.15, 0.2) is 5.78 Å². The predicted molar refractivity (Wildman–Crippen MR) is 102 cm³/mol. The highest BCUT2D eigenvalue weighted by Crippen LogP contribution is 2.25. The van der Waals surface area contributed by atoms with E-state index in [2.05, 4.69) is 20.9 Å². The zero-order valence-corrected chi connectivity index (χ0v) is 16.5. The third-order valence-corrected chi connectivity index (χ3v) is 5.84. The molecule has 2 unspecified atom stereocenters. The van der Waals surface area contributed by atoms with E-state index in [1.54, 1.807) is 6.07 Å². The largest absolute Gasteiger partial charge is 0.465 e. The number of nitrogens with zero attached hydrogens (tertiary/aromatic N) is 3. The van der Waals surface area contributed by atoms with Crippen LogP contribution in [0.1, 0.15) is 19.3 Å². The Labute approximate surface area is 167 Å². The maximum Gasteiger partial charge on any atom is 0.407 e. The van der Waals surface area contributed by atoms with Crippen LogP contribution in [0.4, 0.5) is 4.79 Å². The monoisotopic (exact) mass is 457 g/mol. The number of hydrogen-bond donors (Lipinski definition) is 2. The fourth-order valence-electron chi connectivity index (χ4n) is 3.27. The number of hydrogen-bond acceptors (Lipinski definition) is 5. The zero-order chi connectivity index (χ0) is 19.7. The Balaban J connectivity index is 1.81. The van der Waals surface area contributed by atoms with Gasteiger partial charge < -0.3 is 15.1 Å². The van der Waals surface area contributed by atoms with Crippen LogP contribution < -0.4 is 5.56 Å². The van der Waals surface area contributed by atoms with Crippen LogP contribution in [0.2, 0.25) is 5.02 Å². The van der Waals surface area contributed by atoms with Crippen molar-refractivity contribution in [1.29, 1.82) is 0 Å². The van der Waals surface area contributed by atoms with Gasteiger partial charge >= 0.3 is 6.09 Å². The quantitative estimate of drug-likeness (QED) is 0.727. The number of carbonyl (C=O) groups excluding carboxylic acids is 1. The fourth-order valence-corrected chi connectivity index (χ4v) is 3.77. The second kappa shape index (κ2) is 7.95. The minimum atomic E-state index is -1.17. The molecule has 2 atom stereocenters. The van der Waals surface area contributed by atoms with Crippen LogP contribution in [0.15, 0.2) is 27.7 Å². The van der Waals surface area contributed by atoms with Gasteiger partial charge in [-0.1, -0.05) is 11.6 Å².